The molecule has 1 N–H and O–H groups in total. The van der Waals surface area contributed by atoms with Crippen molar-refractivity contribution in [2.24, 2.45) is 0 Å². The first-order chi connectivity index (χ1) is 18.8. The first kappa shape index (κ1) is 31.3. The van der Waals surface area contributed by atoms with E-state index >= 15 is 0 Å². The van der Waals surface area contributed by atoms with Crippen LogP contribution in [0.1, 0.15) is 60.6 Å². The van der Waals surface area contributed by atoms with E-state index in [1.807, 2.05) is 43.3 Å². The van der Waals surface area contributed by atoms with Crippen molar-refractivity contribution in [3.8, 4) is 0 Å². The van der Waals surface area contributed by atoms with E-state index in [4.69, 9.17) is 14.2 Å². The molecule has 11 heteroatoms. The Morgan fingerprint density at radius 2 is 1.55 bits per heavy atom. The number of benzene rings is 2. The minimum absolute atomic E-state index is 0.234. The van der Waals surface area contributed by atoms with Gasteiger partial charge in [0, 0.05) is 26.5 Å². The van der Waals surface area contributed by atoms with Gasteiger partial charge in [-0.3, -0.25) is 14.4 Å². The smallest absolute Gasteiger partial charge is 0.305 e. The van der Waals surface area contributed by atoms with Crippen molar-refractivity contribution < 1.29 is 46.9 Å². The van der Waals surface area contributed by atoms with Crippen molar-refractivity contribution in [1.82, 2.24) is 0 Å². The van der Waals surface area contributed by atoms with Gasteiger partial charge in [0.05, 0.1) is 7.11 Å². The summed E-state index contributed by atoms with van der Waals surface area (Å²) >= 11 is 0. The maximum absolute atomic E-state index is 12.6. The molecule has 1 aliphatic heterocycles. The first-order valence-corrected chi connectivity index (χ1v) is 14.9. The number of hydrogen-bond acceptors (Lipinski definition) is 10. The fourth-order valence-electron chi connectivity index (χ4n) is 4.72. The normalized spacial score (nSPS) is 22.8. The molecule has 0 spiro atoms. The Morgan fingerprint density at radius 3 is 2.12 bits per heavy atom. The van der Waals surface area contributed by atoms with Gasteiger partial charge in [0.2, 0.25) is 0 Å². The van der Waals surface area contributed by atoms with Crippen LogP contribution >= 0.6 is 0 Å². The zero-order chi connectivity index (χ0) is 29.6. The largest absolute Gasteiger partial charge is 0.469 e. The number of carbonyl (C=O) groups excluding carboxylic acids is 3. The monoisotopic (exact) mass is 576 g/mol. The average Bonchev–Trinajstić information content (AvgIpc) is 2.87. The molecule has 0 saturated carbocycles. The highest BCUT2D eigenvalue weighted by Crippen LogP contribution is 2.38. The lowest BCUT2D eigenvalue weighted by atomic mass is 9.90. The molecular weight excluding hydrogens is 540 g/mol. The molecule has 0 aromatic heterocycles. The Kier molecular flexibility index (Phi) is 10.5. The van der Waals surface area contributed by atoms with Crippen LogP contribution in [0.2, 0.25) is 0 Å². The lowest BCUT2D eigenvalue weighted by molar-refractivity contribution is -0.226. The average molecular weight is 577 g/mol. The molecule has 40 heavy (non-hydrogen) atoms. The van der Waals surface area contributed by atoms with Crippen LogP contribution in [0, 0.1) is 6.92 Å². The van der Waals surface area contributed by atoms with Gasteiger partial charge in [-0.2, -0.15) is 0 Å². The Labute approximate surface area is 234 Å². The van der Waals surface area contributed by atoms with E-state index < -0.39 is 51.6 Å². The molecule has 3 rings (SSSR count). The molecule has 1 aliphatic rings. The molecule has 1 heterocycles. The Balaban J connectivity index is 1.88. The predicted molar refractivity (Wildman–Crippen MR) is 145 cm³/mol. The summed E-state index contributed by atoms with van der Waals surface area (Å²) in [7, 11) is -2.58. The van der Waals surface area contributed by atoms with Gasteiger partial charge in [-0.15, -0.1) is 0 Å². The van der Waals surface area contributed by atoms with Crippen LogP contribution in [0.15, 0.2) is 42.5 Å². The van der Waals surface area contributed by atoms with E-state index in [2.05, 4.69) is 4.74 Å². The van der Waals surface area contributed by atoms with Gasteiger partial charge < -0.3 is 24.1 Å². The highest BCUT2D eigenvalue weighted by Gasteiger charge is 2.53. The minimum Gasteiger partial charge on any atom is -0.469 e. The lowest BCUT2D eigenvalue weighted by Gasteiger charge is -2.42. The van der Waals surface area contributed by atoms with Gasteiger partial charge in [0.15, 0.2) is 27.5 Å². The van der Waals surface area contributed by atoms with Crippen LogP contribution in [0.5, 0.6) is 0 Å². The van der Waals surface area contributed by atoms with Gasteiger partial charge >= 0.3 is 17.9 Å². The number of ether oxygens (including phenoxy) is 4. The third kappa shape index (κ3) is 8.12. The molecule has 1 fully saturated rings. The second-order valence-electron chi connectivity index (χ2n) is 10.0. The molecular formula is C29H36O10S. The summed E-state index contributed by atoms with van der Waals surface area (Å²) < 4.78 is 46.2. The van der Waals surface area contributed by atoms with E-state index in [0.717, 1.165) is 48.8 Å². The van der Waals surface area contributed by atoms with Crippen LogP contribution in [0.3, 0.4) is 0 Å². The second-order valence-corrected chi connectivity index (χ2v) is 12.1. The standard InChI is InChI=1S/C29H36O10S/c1-17-9-14-22(16-23(17)15-21-12-10-20(11-13-21)7-6-8-24(32)36-4)26-27(37-18(2)30)25(33)28(38-19(3)31)29(39-26)40(5,34)35/h9-14,16,25-29,33H,6-8,15H2,1-5H3/t25-,26+,27-,28+,29-/m1/s1. The lowest BCUT2D eigenvalue weighted by Crippen LogP contribution is -2.58. The summed E-state index contributed by atoms with van der Waals surface area (Å²) in [6.07, 6.45) is -2.41. The molecule has 10 nitrogen and oxygen atoms in total. The SMILES string of the molecule is COC(=O)CCCc1ccc(Cc2cc([C@@H]3O[C@H](S(C)(=O)=O)[C@@H](OC(C)=O)[C@H](O)[C@H]3OC(C)=O)ccc2C)cc1. The topological polar surface area (TPSA) is 142 Å². The van der Waals surface area contributed by atoms with Gasteiger partial charge in [-0.25, -0.2) is 8.42 Å². The van der Waals surface area contributed by atoms with Crippen molar-refractivity contribution in [3.63, 3.8) is 0 Å². The van der Waals surface area contributed by atoms with Gasteiger partial charge in [0.25, 0.3) is 0 Å². The van der Waals surface area contributed by atoms with Crippen molar-refractivity contribution in [3.05, 3.63) is 70.3 Å². The number of aliphatic hydroxyl groups excluding tert-OH is 1. The third-order valence-corrected chi connectivity index (χ3v) is 7.96. The van der Waals surface area contributed by atoms with E-state index in [0.29, 0.717) is 24.8 Å². The Morgan fingerprint density at radius 1 is 0.950 bits per heavy atom. The van der Waals surface area contributed by atoms with Crippen LogP contribution in [-0.2, 0) is 56.0 Å². The molecule has 5 atom stereocenters. The fourth-order valence-corrected chi connectivity index (χ4v) is 5.75. The maximum Gasteiger partial charge on any atom is 0.305 e. The molecule has 218 valence electrons. The Bertz CT molecular complexity index is 1320. The molecule has 2 aromatic rings. The molecule has 0 radical (unpaired) electrons. The first-order valence-electron chi connectivity index (χ1n) is 12.9. The zero-order valence-electron chi connectivity index (χ0n) is 23.3. The van der Waals surface area contributed by atoms with Crippen molar-refractivity contribution >= 4 is 27.7 Å². The summed E-state index contributed by atoms with van der Waals surface area (Å²) in [6.45, 7) is 4.18. The molecule has 0 unspecified atom stereocenters. The van der Waals surface area contributed by atoms with Crippen molar-refractivity contribution in [1.29, 1.82) is 0 Å². The maximum atomic E-state index is 12.6. The molecule has 2 aromatic carbocycles. The number of rotatable bonds is 10. The zero-order valence-corrected chi connectivity index (χ0v) is 24.1. The van der Waals surface area contributed by atoms with Gasteiger partial charge in [-0.05, 0) is 54.0 Å². The summed E-state index contributed by atoms with van der Waals surface area (Å²) in [5.41, 5.74) is 2.86. The summed E-state index contributed by atoms with van der Waals surface area (Å²) in [5, 5.41) is 11.1. The van der Waals surface area contributed by atoms with Crippen LogP contribution < -0.4 is 0 Å². The van der Waals surface area contributed by atoms with Crippen molar-refractivity contribution in [2.75, 3.05) is 13.4 Å². The van der Waals surface area contributed by atoms with Crippen LogP contribution in [0.25, 0.3) is 0 Å². The molecule has 0 amide bonds. The summed E-state index contributed by atoms with van der Waals surface area (Å²) in [4.78, 5) is 34.9. The third-order valence-electron chi connectivity index (χ3n) is 6.74. The highest BCUT2D eigenvalue weighted by atomic mass is 32.2. The van der Waals surface area contributed by atoms with Gasteiger partial charge in [0.1, 0.15) is 12.2 Å². The number of hydrogen-bond donors (Lipinski definition) is 1. The second kappa shape index (κ2) is 13.4. The van der Waals surface area contributed by atoms with E-state index in [1.165, 1.54) is 7.11 Å². The number of aliphatic hydroxyl groups is 1. The minimum atomic E-state index is -3.96. The molecule has 1 saturated heterocycles. The van der Waals surface area contributed by atoms with Crippen molar-refractivity contribution in [2.45, 2.75) is 76.3 Å². The number of methoxy groups -OCH3 is 1. The fraction of sp³-hybridized carbons (Fsp3) is 0.483. The van der Waals surface area contributed by atoms with Crippen LogP contribution in [0.4, 0.5) is 0 Å². The number of esters is 3. The number of aryl methyl sites for hydroxylation is 2. The molecule has 0 aliphatic carbocycles. The Hall–Kier alpha value is -3.28. The highest BCUT2D eigenvalue weighted by molar-refractivity contribution is 7.91. The number of carbonyl (C=O) groups is 3. The number of sulfone groups is 1. The van der Waals surface area contributed by atoms with E-state index in [9.17, 15) is 27.9 Å². The van der Waals surface area contributed by atoms with E-state index in [1.54, 1.807) is 6.07 Å². The molecule has 0 bridgehead atoms. The van der Waals surface area contributed by atoms with E-state index in [-0.39, 0.29) is 5.97 Å². The van der Waals surface area contributed by atoms with Gasteiger partial charge in [-0.1, -0.05) is 42.5 Å². The summed E-state index contributed by atoms with van der Waals surface area (Å²) in [6, 6.07) is 13.4. The van der Waals surface area contributed by atoms with Crippen LogP contribution in [-0.4, -0.2) is 68.5 Å². The quantitative estimate of drug-likeness (QED) is 0.331. The predicted octanol–water partition coefficient (Wildman–Crippen LogP) is 2.75. The summed E-state index contributed by atoms with van der Waals surface area (Å²) in [5.74, 6) is -1.76.